The summed E-state index contributed by atoms with van der Waals surface area (Å²) in [5.41, 5.74) is 0. The standard InChI is InChI=1S/C8H17O.2H2O.O.Sb/c1-2-3-4-5-6-7-8-9;;;;/h2-8H2,1H3;2*1H2;;/q-1;;;;+3/p-2. The summed E-state index contributed by atoms with van der Waals surface area (Å²) in [5, 5.41) is 0. The molecule has 0 aromatic carbocycles. The first kappa shape index (κ1) is 13.5. The SMILES string of the molecule is CCCCCCCC[O][Sb](=[O])([OH])[OH]. The average molecular weight is 301 g/mol. The molecule has 0 radical (unpaired) electrons. The summed E-state index contributed by atoms with van der Waals surface area (Å²) in [6.45, 7) is 2.36. The second kappa shape index (κ2) is 7.86. The maximum absolute atomic E-state index is 10.3. The van der Waals surface area contributed by atoms with E-state index in [9.17, 15) is 3.02 Å². The van der Waals surface area contributed by atoms with E-state index in [0.717, 1.165) is 19.3 Å². The van der Waals surface area contributed by atoms with Gasteiger partial charge in [0.05, 0.1) is 0 Å². The molecular formula is C8H19O4Sb. The molecule has 13 heavy (non-hydrogen) atoms. The van der Waals surface area contributed by atoms with E-state index in [4.69, 9.17) is 6.77 Å². The zero-order valence-corrected chi connectivity index (χ0v) is 10.7. The summed E-state index contributed by atoms with van der Waals surface area (Å²) in [6, 6.07) is 0. The zero-order valence-electron chi connectivity index (χ0n) is 8.11. The third-order valence-electron chi connectivity index (χ3n) is 1.76. The molecule has 5 heteroatoms. The molecular weight excluding hydrogens is 282 g/mol. The van der Waals surface area contributed by atoms with Crippen LogP contribution in [0.3, 0.4) is 0 Å². The molecule has 0 amide bonds. The Labute approximate surface area is 85.0 Å². The van der Waals surface area contributed by atoms with Crippen LogP contribution in [0.1, 0.15) is 45.4 Å². The molecule has 0 saturated heterocycles. The molecule has 0 aliphatic carbocycles. The maximum atomic E-state index is 10.3. The van der Waals surface area contributed by atoms with Crippen molar-refractivity contribution in [3.05, 3.63) is 0 Å². The summed E-state index contributed by atoms with van der Waals surface area (Å²) in [6.07, 6.45) is 6.55. The Morgan fingerprint density at radius 3 is 2.15 bits per heavy atom. The summed E-state index contributed by atoms with van der Waals surface area (Å²) in [7, 11) is 0. The van der Waals surface area contributed by atoms with Crippen LogP contribution in [0, 0.1) is 0 Å². The van der Waals surface area contributed by atoms with E-state index in [0.29, 0.717) is 0 Å². The Morgan fingerprint density at radius 1 is 1.08 bits per heavy atom. The van der Waals surface area contributed by atoms with E-state index in [1.165, 1.54) is 19.3 Å². The zero-order chi connectivity index (χ0) is 10.2. The molecule has 0 aliphatic heterocycles. The van der Waals surface area contributed by atoms with Crippen molar-refractivity contribution in [3.63, 3.8) is 0 Å². The van der Waals surface area contributed by atoms with Crippen LogP contribution < -0.4 is 0 Å². The van der Waals surface area contributed by atoms with Crippen molar-refractivity contribution in [2.75, 3.05) is 6.61 Å². The van der Waals surface area contributed by atoms with Crippen LogP contribution in [0.15, 0.2) is 0 Å². The van der Waals surface area contributed by atoms with Crippen LogP contribution in [0.25, 0.3) is 0 Å². The molecule has 0 aromatic heterocycles. The van der Waals surface area contributed by atoms with Gasteiger partial charge in [-0.2, -0.15) is 0 Å². The molecule has 80 valence electrons. The van der Waals surface area contributed by atoms with Crippen molar-refractivity contribution in [2.45, 2.75) is 45.4 Å². The van der Waals surface area contributed by atoms with Gasteiger partial charge in [-0.3, -0.25) is 0 Å². The van der Waals surface area contributed by atoms with Gasteiger partial charge in [-0.15, -0.1) is 0 Å². The van der Waals surface area contributed by atoms with Crippen LogP contribution in [-0.4, -0.2) is 33.4 Å². The molecule has 0 atom stereocenters. The van der Waals surface area contributed by atoms with E-state index < -0.39 is 20.1 Å². The van der Waals surface area contributed by atoms with Gasteiger partial charge < -0.3 is 0 Å². The second-order valence-electron chi connectivity index (χ2n) is 3.09. The van der Waals surface area contributed by atoms with E-state index in [1.54, 1.807) is 0 Å². The number of hydrogen-bond donors (Lipinski definition) is 2. The van der Waals surface area contributed by atoms with Crippen LogP contribution in [0.4, 0.5) is 0 Å². The molecule has 0 spiro atoms. The molecule has 2 N–H and O–H groups in total. The number of hydrogen-bond acceptors (Lipinski definition) is 2. The quantitative estimate of drug-likeness (QED) is 0.522. The average Bonchev–Trinajstić information content (AvgIpc) is 2.01. The van der Waals surface area contributed by atoms with Gasteiger partial charge in [-0.05, 0) is 0 Å². The predicted octanol–water partition coefficient (Wildman–Crippen LogP) is 1.21. The monoisotopic (exact) mass is 300 g/mol. The third kappa shape index (κ3) is 12.5. The van der Waals surface area contributed by atoms with Gasteiger partial charge in [0.1, 0.15) is 0 Å². The second-order valence-corrected chi connectivity index (χ2v) is 6.63. The summed E-state index contributed by atoms with van der Waals surface area (Å²) in [4.78, 5) is 0. The Kier molecular flexibility index (Phi) is 8.16. The van der Waals surface area contributed by atoms with E-state index in [-0.39, 0.29) is 6.61 Å². The van der Waals surface area contributed by atoms with Gasteiger partial charge in [0.15, 0.2) is 0 Å². The fourth-order valence-corrected chi connectivity index (χ4v) is 2.11. The predicted molar refractivity (Wildman–Crippen MR) is 50.2 cm³/mol. The van der Waals surface area contributed by atoms with Crippen molar-refractivity contribution in [1.29, 1.82) is 0 Å². The van der Waals surface area contributed by atoms with Gasteiger partial charge in [-0.25, -0.2) is 0 Å². The van der Waals surface area contributed by atoms with E-state index >= 15 is 0 Å². The third-order valence-corrected chi connectivity index (χ3v) is 3.24. The summed E-state index contributed by atoms with van der Waals surface area (Å²) < 4.78 is 31.6. The normalized spacial score (nSPS) is 11.9. The van der Waals surface area contributed by atoms with Crippen molar-refractivity contribution >= 4 is 20.1 Å². The number of unbranched alkanes of at least 4 members (excludes halogenated alkanes) is 5. The Morgan fingerprint density at radius 2 is 1.62 bits per heavy atom. The molecule has 0 fully saturated rings. The van der Waals surface area contributed by atoms with Crippen LogP contribution in [-0.2, 0) is 6.03 Å². The Hall–Kier alpha value is 0.498. The molecule has 0 rings (SSSR count). The van der Waals surface area contributed by atoms with Crippen molar-refractivity contribution < 1.29 is 12.8 Å². The molecule has 0 heterocycles. The molecule has 0 unspecified atom stereocenters. The van der Waals surface area contributed by atoms with E-state index in [2.05, 4.69) is 9.94 Å². The summed E-state index contributed by atoms with van der Waals surface area (Å²) >= 11 is -5.04. The molecule has 0 aliphatic rings. The van der Waals surface area contributed by atoms with Crippen LogP contribution >= 0.6 is 0 Å². The van der Waals surface area contributed by atoms with Crippen molar-refractivity contribution in [2.24, 2.45) is 0 Å². The summed E-state index contributed by atoms with van der Waals surface area (Å²) in [5.74, 6) is 0. The first-order valence-corrected chi connectivity index (χ1v) is 9.13. The van der Waals surface area contributed by atoms with Crippen LogP contribution in [0.2, 0.25) is 0 Å². The van der Waals surface area contributed by atoms with E-state index in [1.807, 2.05) is 0 Å². The van der Waals surface area contributed by atoms with Gasteiger partial charge in [0, 0.05) is 0 Å². The molecule has 0 saturated carbocycles. The van der Waals surface area contributed by atoms with Crippen molar-refractivity contribution in [3.8, 4) is 0 Å². The first-order valence-electron chi connectivity index (χ1n) is 4.76. The Balaban J connectivity index is 3.04. The fourth-order valence-electron chi connectivity index (χ4n) is 1.07. The van der Waals surface area contributed by atoms with Gasteiger partial charge in [-0.1, -0.05) is 0 Å². The van der Waals surface area contributed by atoms with Crippen LogP contribution in [0.5, 0.6) is 0 Å². The minimum absolute atomic E-state index is 0.203. The molecule has 4 nitrogen and oxygen atoms in total. The number of rotatable bonds is 8. The van der Waals surface area contributed by atoms with Gasteiger partial charge >= 0.3 is 84.9 Å². The molecule has 0 bridgehead atoms. The van der Waals surface area contributed by atoms with Gasteiger partial charge in [0.25, 0.3) is 0 Å². The minimum atomic E-state index is -5.04. The fraction of sp³-hybridized carbons (Fsp3) is 1.00. The van der Waals surface area contributed by atoms with Gasteiger partial charge in [0.2, 0.25) is 0 Å². The topological polar surface area (TPSA) is 66.8 Å². The Bertz CT molecular complexity index is 154. The first-order chi connectivity index (χ1) is 6.06. The van der Waals surface area contributed by atoms with Crippen molar-refractivity contribution in [1.82, 2.24) is 0 Å². The molecule has 0 aromatic rings.